The van der Waals surface area contributed by atoms with E-state index in [-0.39, 0.29) is 11.3 Å². The SMILES string of the molecule is CC(=O)N1CCC2(CC1)C[C@@H](C(=O)O)N(Cc1noc(CC(C)C)n1)C2. The summed E-state index contributed by atoms with van der Waals surface area (Å²) >= 11 is 0. The van der Waals surface area contributed by atoms with E-state index in [0.29, 0.717) is 50.2 Å². The molecule has 1 aromatic rings. The van der Waals surface area contributed by atoms with Gasteiger partial charge in [-0.3, -0.25) is 14.5 Å². The van der Waals surface area contributed by atoms with Crippen LogP contribution in [0.3, 0.4) is 0 Å². The van der Waals surface area contributed by atoms with Gasteiger partial charge in [0, 0.05) is 33.0 Å². The molecule has 8 nitrogen and oxygen atoms in total. The number of carboxylic acids is 1. The average Bonchev–Trinajstić information content (AvgIpc) is 3.12. The van der Waals surface area contributed by atoms with Gasteiger partial charge in [0.25, 0.3) is 0 Å². The lowest BCUT2D eigenvalue weighted by atomic mass is 9.76. The van der Waals surface area contributed by atoms with Crippen LogP contribution in [0.25, 0.3) is 0 Å². The van der Waals surface area contributed by atoms with E-state index in [1.807, 2.05) is 9.80 Å². The average molecular weight is 364 g/mol. The molecule has 3 heterocycles. The van der Waals surface area contributed by atoms with E-state index < -0.39 is 12.0 Å². The Kier molecular flexibility index (Phi) is 5.32. The lowest BCUT2D eigenvalue weighted by Crippen LogP contribution is -2.43. The molecule has 0 bridgehead atoms. The van der Waals surface area contributed by atoms with Crippen molar-refractivity contribution in [1.29, 1.82) is 0 Å². The van der Waals surface area contributed by atoms with Crippen molar-refractivity contribution in [1.82, 2.24) is 19.9 Å². The van der Waals surface area contributed by atoms with Gasteiger partial charge in [0.05, 0.1) is 6.54 Å². The molecule has 1 aromatic heterocycles. The highest BCUT2D eigenvalue weighted by Gasteiger charge is 2.48. The van der Waals surface area contributed by atoms with Crippen molar-refractivity contribution in [3.05, 3.63) is 11.7 Å². The Morgan fingerprint density at radius 2 is 2.04 bits per heavy atom. The molecule has 3 rings (SSSR count). The highest BCUT2D eigenvalue weighted by atomic mass is 16.5. The zero-order valence-corrected chi connectivity index (χ0v) is 15.8. The van der Waals surface area contributed by atoms with Gasteiger partial charge in [-0.05, 0) is 30.6 Å². The second-order valence-electron chi connectivity index (χ2n) is 8.17. The fourth-order valence-corrected chi connectivity index (χ4v) is 4.18. The molecule has 0 unspecified atom stereocenters. The zero-order valence-electron chi connectivity index (χ0n) is 15.8. The molecule has 2 fully saturated rings. The number of amides is 1. The summed E-state index contributed by atoms with van der Waals surface area (Å²) in [6.45, 7) is 8.25. The molecule has 0 saturated carbocycles. The van der Waals surface area contributed by atoms with Gasteiger partial charge in [-0.2, -0.15) is 4.98 Å². The molecule has 8 heteroatoms. The van der Waals surface area contributed by atoms with Crippen LogP contribution < -0.4 is 0 Å². The summed E-state index contributed by atoms with van der Waals surface area (Å²) in [6.07, 6.45) is 3.03. The number of piperidine rings is 1. The molecule has 2 aliphatic rings. The lowest BCUT2D eigenvalue weighted by Gasteiger charge is -2.39. The van der Waals surface area contributed by atoms with Crippen LogP contribution in [-0.2, 0) is 22.6 Å². The molecule has 0 radical (unpaired) electrons. The molecule has 2 aliphatic heterocycles. The lowest BCUT2D eigenvalue weighted by molar-refractivity contribution is -0.142. The van der Waals surface area contributed by atoms with Crippen molar-refractivity contribution in [2.45, 2.75) is 59.0 Å². The molecule has 1 atom stereocenters. The Morgan fingerprint density at radius 3 is 2.62 bits per heavy atom. The van der Waals surface area contributed by atoms with Crippen LogP contribution in [0.2, 0.25) is 0 Å². The maximum atomic E-state index is 11.8. The Balaban J connectivity index is 1.67. The molecule has 1 spiro atoms. The quantitative estimate of drug-likeness (QED) is 0.846. The van der Waals surface area contributed by atoms with Gasteiger partial charge in [0.15, 0.2) is 5.82 Å². The molecule has 26 heavy (non-hydrogen) atoms. The zero-order chi connectivity index (χ0) is 18.9. The van der Waals surface area contributed by atoms with Gasteiger partial charge >= 0.3 is 5.97 Å². The van der Waals surface area contributed by atoms with Crippen LogP contribution in [0.5, 0.6) is 0 Å². The number of hydrogen-bond acceptors (Lipinski definition) is 6. The number of nitrogens with zero attached hydrogens (tertiary/aromatic N) is 4. The number of rotatable bonds is 5. The summed E-state index contributed by atoms with van der Waals surface area (Å²) in [6, 6.07) is -0.536. The van der Waals surface area contributed by atoms with E-state index >= 15 is 0 Å². The molecular formula is C18H28N4O4. The van der Waals surface area contributed by atoms with Crippen LogP contribution in [0.4, 0.5) is 0 Å². The first-order chi connectivity index (χ1) is 12.3. The summed E-state index contributed by atoms with van der Waals surface area (Å²) in [5.41, 5.74) is -0.0422. The maximum absolute atomic E-state index is 11.8. The minimum Gasteiger partial charge on any atom is -0.480 e. The topological polar surface area (TPSA) is 99.8 Å². The van der Waals surface area contributed by atoms with E-state index in [1.54, 1.807) is 6.92 Å². The van der Waals surface area contributed by atoms with Crippen molar-refractivity contribution >= 4 is 11.9 Å². The third-order valence-corrected chi connectivity index (χ3v) is 5.60. The predicted octanol–water partition coefficient (Wildman–Crippen LogP) is 1.56. The first-order valence-electron chi connectivity index (χ1n) is 9.32. The van der Waals surface area contributed by atoms with Gasteiger partial charge in [0.1, 0.15) is 6.04 Å². The molecule has 1 amide bonds. The van der Waals surface area contributed by atoms with Crippen LogP contribution in [0, 0.1) is 11.3 Å². The first-order valence-corrected chi connectivity index (χ1v) is 9.32. The number of carbonyl (C=O) groups excluding carboxylic acids is 1. The van der Waals surface area contributed by atoms with Gasteiger partial charge in [-0.15, -0.1) is 0 Å². The summed E-state index contributed by atoms with van der Waals surface area (Å²) < 4.78 is 5.28. The maximum Gasteiger partial charge on any atom is 0.320 e. The third kappa shape index (κ3) is 4.06. The number of aromatic nitrogens is 2. The van der Waals surface area contributed by atoms with Crippen molar-refractivity contribution in [3.8, 4) is 0 Å². The number of carboxylic acid groups (broad SMARTS) is 1. The van der Waals surface area contributed by atoms with Crippen molar-refractivity contribution < 1.29 is 19.2 Å². The van der Waals surface area contributed by atoms with Crippen LogP contribution >= 0.6 is 0 Å². The minimum absolute atomic E-state index is 0.0422. The summed E-state index contributed by atoms with van der Waals surface area (Å²) in [4.78, 5) is 31.5. The molecule has 0 aromatic carbocycles. The monoisotopic (exact) mass is 364 g/mol. The van der Waals surface area contributed by atoms with Crippen molar-refractivity contribution in [2.75, 3.05) is 19.6 Å². The Hall–Kier alpha value is -1.96. The first kappa shape index (κ1) is 18.8. The van der Waals surface area contributed by atoms with Crippen LogP contribution in [-0.4, -0.2) is 62.6 Å². The highest BCUT2D eigenvalue weighted by molar-refractivity contribution is 5.74. The van der Waals surface area contributed by atoms with Crippen molar-refractivity contribution in [2.24, 2.45) is 11.3 Å². The fraction of sp³-hybridized carbons (Fsp3) is 0.778. The summed E-state index contributed by atoms with van der Waals surface area (Å²) in [5, 5.41) is 13.7. The van der Waals surface area contributed by atoms with Crippen molar-refractivity contribution in [3.63, 3.8) is 0 Å². The van der Waals surface area contributed by atoms with Crippen LogP contribution in [0.15, 0.2) is 4.52 Å². The fourth-order valence-electron chi connectivity index (χ4n) is 4.18. The van der Waals surface area contributed by atoms with Gasteiger partial charge in [0.2, 0.25) is 11.8 Å². The minimum atomic E-state index is -0.804. The van der Waals surface area contributed by atoms with E-state index in [4.69, 9.17) is 4.52 Å². The van der Waals surface area contributed by atoms with E-state index in [2.05, 4.69) is 24.0 Å². The van der Waals surface area contributed by atoms with E-state index in [9.17, 15) is 14.7 Å². The van der Waals surface area contributed by atoms with Gasteiger partial charge in [-0.25, -0.2) is 0 Å². The molecule has 1 N–H and O–H groups in total. The number of hydrogen-bond donors (Lipinski definition) is 1. The second kappa shape index (κ2) is 7.34. The Morgan fingerprint density at radius 1 is 1.35 bits per heavy atom. The summed E-state index contributed by atoms with van der Waals surface area (Å²) in [7, 11) is 0. The molecule has 144 valence electrons. The smallest absolute Gasteiger partial charge is 0.320 e. The second-order valence-corrected chi connectivity index (χ2v) is 8.17. The largest absolute Gasteiger partial charge is 0.480 e. The highest BCUT2D eigenvalue weighted by Crippen LogP contribution is 2.43. The number of aliphatic carboxylic acids is 1. The van der Waals surface area contributed by atoms with E-state index in [1.165, 1.54) is 0 Å². The molecule has 2 saturated heterocycles. The Labute approximate surface area is 153 Å². The molecular weight excluding hydrogens is 336 g/mol. The third-order valence-electron chi connectivity index (χ3n) is 5.60. The standard InChI is InChI=1S/C18H28N4O4/c1-12(2)8-16-19-15(20-26-16)10-22-11-18(9-14(22)17(24)25)4-6-21(7-5-18)13(3)23/h12,14H,4-11H2,1-3H3,(H,24,25)/t14-/m0/s1. The van der Waals surface area contributed by atoms with Gasteiger partial charge < -0.3 is 14.5 Å². The normalized spacial score (nSPS) is 23.1. The number of carbonyl (C=O) groups is 2. The van der Waals surface area contributed by atoms with E-state index in [0.717, 1.165) is 19.3 Å². The predicted molar refractivity (Wildman–Crippen MR) is 93.2 cm³/mol. The number of likely N-dealkylation sites (tertiary alicyclic amines) is 2. The van der Waals surface area contributed by atoms with Gasteiger partial charge in [-0.1, -0.05) is 19.0 Å². The Bertz CT molecular complexity index is 664. The van der Waals surface area contributed by atoms with Crippen LogP contribution in [0.1, 0.15) is 51.7 Å². The molecule has 0 aliphatic carbocycles. The summed E-state index contributed by atoms with van der Waals surface area (Å²) in [5.74, 6) is 0.864.